The van der Waals surface area contributed by atoms with Crippen LogP contribution in [0.4, 0.5) is 0 Å². The van der Waals surface area contributed by atoms with Crippen LogP contribution in [-0.2, 0) is 7.05 Å². The zero-order valence-electron chi connectivity index (χ0n) is 9.56. The second kappa shape index (κ2) is 5.91. The molecule has 0 aliphatic heterocycles. The fraction of sp³-hybridized carbons (Fsp3) is 0.167. The maximum absolute atomic E-state index is 12.1. The molecule has 18 heavy (non-hydrogen) atoms. The average Bonchev–Trinajstić information content (AvgIpc) is 2.66. The molecule has 0 saturated carbocycles. The Balaban J connectivity index is 2.05. The van der Waals surface area contributed by atoms with Gasteiger partial charge in [-0.3, -0.25) is 9.48 Å². The van der Waals surface area contributed by atoms with E-state index >= 15 is 0 Å². The van der Waals surface area contributed by atoms with Crippen LogP contribution in [0.1, 0.15) is 10.5 Å². The minimum absolute atomic E-state index is 0.0341. The number of carbonyl (C=O) groups is 1. The van der Waals surface area contributed by atoms with Gasteiger partial charge in [0, 0.05) is 17.0 Å². The summed E-state index contributed by atoms with van der Waals surface area (Å²) >= 11 is 10.7. The van der Waals surface area contributed by atoms with Crippen molar-refractivity contribution in [1.29, 1.82) is 0 Å². The number of hydrogen-bond acceptors (Lipinski definition) is 3. The van der Waals surface area contributed by atoms with Crippen molar-refractivity contribution >= 4 is 45.1 Å². The van der Waals surface area contributed by atoms with Gasteiger partial charge in [-0.1, -0.05) is 17.7 Å². The molecular weight excluding hydrogens is 336 g/mol. The van der Waals surface area contributed by atoms with Gasteiger partial charge in [0.25, 0.3) is 0 Å². The van der Waals surface area contributed by atoms with Crippen LogP contribution in [0.15, 0.2) is 39.8 Å². The Labute approximate surface area is 123 Å². The number of Topliss-reactive ketones (excluding diaryl/α,β-unsaturated/α-hetero) is 1. The third kappa shape index (κ3) is 3.16. The molecule has 0 unspecified atom stereocenters. The Morgan fingerprint density at radius 3 is 2.94 bits per heavy atom. The highest BCUT2D eigenvalue weighted by atomic mass is 79.9. The number of nitrogens with zero attached hydrogens (tertiary/aromatic N) is 2. The molecule has 2 rings (SSSR count). The van der Waals surface area contributed by atoms with Crippen molar-refractivity contribution in [1.82, 2.24) is 9.78 Å². The molecule has 1 heterocycles. The van der Waals surface area contributed by atoms with Gasteiger partial charge in [0.2, 0.25) is 0 Å². The first-order valence-corrected chi connectivity index (χ1v) is 7.32. The zero-order valence-corrected chi connectivity index (χ0v) is 12.7. The molecule has 0 radical (unpaired) electrons. The SMILES string of the molecule is Cn1ncc(Br)c1C(=O)CSc1cccc(Cl)c1. The van der Waals surface area contributed by atoms with E-state index < -0.39 is 0 Å². The lowest BCUT2D eigenvalue weighted by atomic mass is 10.3. The molecule has 0 atom stereocenters. The maximum Gasteiger partial charge on any atom is 0.192 e. The van der Waals surface area contributed by atoms with Crippen LogP contribution in [0.25, 0.3) is 0 Å². The van der Waals surface area contributed by atoms with E-state index in [2.05, 4.69) is 21.0 Å². The fourth-order valence-electron chi connectivity index (χ4n) is 1.50. The zero-order chi connectivity index (χ0) is 13.1. The minimum Gasteiger partial charge on any atom is -0.291 e. The van der Waals surface area contributed by atoms with Gasteiger partial charge in [-0.25, -0.2) is 0 Å². The molecule has 6 heteroatoms. The largest absolute Gasteiger partial charge is 0.291 e. The van der Waals surface area contributed by atoms with Crippen molar-refractivity contribution in [2.45, 2.75) is 4.90 Å². The third-order valence-electron chi connectivity index (χ3n) is 2.32. The van der Waals surface area contributed by atoms with Gasteiger partial charge in [0.15, 0.2) is 5.78 Å². The Kier molecular flexibility index (Phi) is 4.48. The van der Waals surface area contributed by atoms with E-state index in [0.29, 0.717) is 16.5 Å². The lowest BCUT2D eigenvalue weighted by Crippen LogP contribution is -2.09. The van der Waals surface area contributed by atoms with E-state index in [1.54, 1.807) is 17.9 Å². The van der Waals surface area contributed by atoms with Crippen LogP contribution in [0, 0.1) is 0 Å². The van der Waals surface area contributed by atoms with Crippen LogP contribution in [0.3, 0.4) is 0 Å². The molecule has 0 fully saturated rings. The number of carbonyl (C=O) groups excluding carboxylic acids is 1. The summed E-state index contributed by atoms with van der Waals surface area (Å²) in [5.74, 6) is 0.394. The molecule has 94 valence electrons. The van der Waals surface area contributed by atoms with E-state index in [0.717, 1.165) is 9.37 Å². The summed E-state index contributed by atoms with van der Waals surface area (Å²) in [5.41, 5.74) is 0.588. The topological polar surface area (TPSA) is 34.9 Å². The summed E-state index contributed by atoms with van der Waals surface area (Å²) in [6, 6.07) is 7.46. The summed E-state index contributed by atoms with van der Waals surface area (Å²) in [7, 11) is 1.75. The molecule has 0 amide bonds. The van der Waals surface area contributed by atoms with Crippen molar-refractivity contribution in [3.8, 4) is 0 Å². The first-order chi connectivity index (χ1) is 8.58. The van der Waals surface area contributed by atoms with Gasteiger partial charge in [-0.2, -0.15) is 5.10 Å². The molecule has 0 aliphatic carbocycles. The van der Waals surface area contributed by atoms with E-state index in [-0.39, 0.29) is 5.78 Å². The highest BCUT2D eigenvalue weighted by molar-refractivity contribution is 9.10. The summed E-state index contributed by atoms with van der Waals surface area (Å²) in [6.45, 7) is 0. The number of aryl methyl sites for hydroxylation is 1. The predicted molar refractivity (Wildman–Crippen MR) is 77.4 cm³/mol. The molecule has 2 aromatic rings. The van der Waals surface area contributed by atoms with E-state index in [9.17, 15) is 4.79 Å². The van der Waals surface area contributed by atoms with Crippen molar-refractivity contribution in [2.75, 3.05) is 5.75 Å². The van der Waals surface area contributed by atoms with Crippen LogP contribution < -0.4 is 0 Å². The summed E-state index contributed by atoms with van der Waals surface area (Å²) < 4.78 is 2.30. The molecule has 3 nitrogen and oxygen atoms in total. The van der Waals surface area contributed by atoms with Gasteiger partial charge < -0.3 is 0 Å². The normalized spacial score (nSPS) is 10.6. The minimum atomic E-state index is 0.0341. The quantitative estimate of drug-likeness (QED) is 0.624. The lowest BCUT2D eigenvalue weighted by molar-refractivity contribution is 0.101. The van der Waals surface area contributed by atoms with Crippen molar-refractivity contribution < 1.29 is 4.79 Å². The summed E-state index contributed by atoms with van der Waals surface area (Å²) in [6.07, 6.45) is 1.62. The molecule has 0 spiro atoms. The number of thioether (sulfide) groups is 1. The number of halogens is 2. The predicted octanol–water partition coefficient (Wildman–Crippen LogP) is 3.81. The molecule has 0 N–H and O–H groups in total. The van der Waals surface area contributed by atoms with Crippen LogP contribution in [0.2, 0.25) is 5.02 Å². The molecule has 0 aliphatic rings. The van der Waals surface area contributed by atoms with Crippen molar-refractivity contribution in [3.63, 3.8) is 0 Å². The standard InChI is InChI=1S/C12H10BrClN2OS/c1-16-12(10(13)6-15-16)11(17)7-18-9-4-2-3-8(14)5-9/h2-6H,7H2,1H3. The van der Waals surface area contributed by atoms with Gasteiger partial charge in [-0.05, 0) is 34.1 Å². The van der Waals surface area contributed by atoms with Crippen molar-refractivity contribution in [3.05, 3.63) is 45.7 Å². The molecule has 0 bridgehead atoms. The number of benzene rings is 1. The Morgan fingerprint density at radius 1 is 1.56 bits per heavy atom. The van der Waals surface area contributed by atoms with Crippen LogP contribution in [0.5, 0.6) is 0 Å². The highest BCUT2D eigenvalue weighted by Gasteiger charge is 2.15. The highest BCUT2D eigenvalue weighted by Crippen LogP contribution is 2.24. The Morgan fingerprint density at radius 2 is 2.33 bits per heavy atom. The molecule has 0 saturated heterocycles. The molecule has 1 aromatic carbocycles. The van der Waals surface area contributed by atoms with E-state index in [1.165, 1.54) is 11.8 Å². The summed E-state index contributed by atoms with van der Waals surface area (Å²) in [4.78, 5) is 13.0. The lowest BCUT2D eigenvalue weighted by Gasteiger charge is -2.03. The molecular formula is C12H10BrClN2OS. The van der Waals surface area contributed by atoms with Gasteiger partial charge in [0.05, 0.1) is 16.4 Å². The maximum atomic E-state index is 12.1. The first kappa shape index (κ1) is 13.6. The van der Waals surface area contributed by atoms with Gasteiger partial charge >= 0.3 is 0 Å². The number of aromatic nitrogens is 2. The second-order valence-electron chi connectivity index (χ2n) is 3.63. The molecule has 1 aromatic heterocycles. The van der Waals surface area contributed by atoms with Crippen molar-refractivity contribution in [2.24, 2.45) is 7.05 Å². The fourth-order valence-corrected chi connectivity index (χ4v) is 3.14. The summed E-state index contributed by atoms with van der Waals surface area (Å²) in [5, 5.41) is 4.70. The number of ketones is 1. The monoisotopic (exact) mass is 344 g/mol. The van der Waals surface area contributed by atoms with E-state index in [1.807, 2.05) is 24.3 Å². The Hall–Kier alpha value is -0.780. The average molecular weight is 346 g/mol. The van der Waals surface area contributed by atoms with Crippen LogP contribution >= 0.6 is 39.3 Å². The first-order valence-electron chi connectivity index (χ1n) is 5.17. The number of hydrogen-bond donors (Lipinski definition) is 0. The second-order valence-corrected chi connectivity index (χ2v) is 5.97. The third-order valence-corrected chi connectivity index (χ3v) is 4.13. The Bertz CT molecular complexity index is 566. The van der Waals surface area contributed by atoms with E-state index in [4.69, 9.17) is 11.6 Å². The van der Waals surface area contributed by atoms with Gasteiger partial charge in [0.1, 0.15) is 5.69 Å². The smallest absolute Gasteiger partial charge is 0.192 e. The van der Waals surface area contributed by atoms with Gasteiger partial charge in [-0.15, -0.1) is 11.8 Å². The van der Waals surface area contributed by atoms with Crippen LogP contribution in [-0.4, -0.2) is 21.3 Å². The number of rotatable bonds is 4.